The quantitative estimate of drug-likeness (QED) is 0.129. The Labute approximate surface area is 574 Å². The van der Waals surface area contributed by atoms with E-state index in [1.807, 2.05) is 0 Å². The summed E-state index contributed by atoms with van der Waals surface area (Å²) in [6.07, 6.45) is 8.71. The molecule has 4 heteroatoms. The summed E-state index contributed by atoms with van der Waals surface area (Å²) in [7, 11) is 0. The minimum Gasteiger partial charge on any atom is -0.454 e. The molecule has 15 aromatic carbocycles. The summed E-state index contributed by atoms with van der Waals surface area (Å²) in [6, 6.07) is 123. The summed E-state index contributed by atoms with van der Waals surface area (Å²) in [5, 5.41) is 8.87. The summed E-state index contributed by atoms with van der Waals surface area (Å²) in [4.78, 5) is 5.09. The molecule has 99 heavy (non-hydrogen) atoms. The van der Waals surface area contributed by atoms with Gasteiger partial charge in [-0.1, -0.05) is 303 Å². The van der Waals surface area contributed by atoms with Gasteiger partial charge in [-0.2, -0.15) is 0 Å². The molecular formula is C95H64N2O2. The number of benzene rings is 15. The van der Waals surface area contributed by atoms with Crippen LogP contribution < -0.4 is 9.80 Å². The molecule has 20 rings (SSSR count). The molecular weight excluding hydrogens is 1200 g/mol. The van der Waals surface area contributed by atoms with Crippen molar-refractivity contribution >= 4 is 105 Å². The van der Waals surface area contributed by atoms with Crippen molar-refractivity contribution in [1.82, 2.24) is 0 Å². The fourth-order valence-electron chi connectivity index (χ4n) is 17.9. The summed E-state index contributed by atoms with van der Waals surface area (Å²) < 4.78 is 14.4. The summed E-state index contributed by atoms with van der Waals surface area (Å²) in [5.74, 6) is 0. The SMILES string of the molecule is Cc1cccc(-c2ccccc2N(c2cc3c(c4ccccc24)-c2ccccc2C3(c2ccccc2)C2(c3ccccc3)c3ccccc3-c3c2cc(N(c2ccccc2C2=CC=CCC2)c2cccc4c2oc2ccccc24)c2ccccc32)c2cccc3c2oc2ccccc23)c1. The third-order valence-corrected chi connectivity index (χ3v) is 21.7. The van der Waals surface area contributed by atoms with E-state index >= 15 is 0 Å². The van der Waals surface area contributed by atoms with Crippen LogP contribution in [0.3, 0.4) is 0 Å². The number of para-hydroxylation sites is 6. The van der Waals surface area contributed by atoms with Crippen LogP contribution in [0.25, 0.3) is 104 Å². The Morgan fingerprint density at radius 2 is 0.707 bits per heavy atom. The predicted octanol–water partition coefficient (Wildman–Crippen LogP) is 25.8. The Morgan fingerprint density at radius 3 is 1.21 bits per heavy atom. The van der Waals surface area contributed by atoms with E-state index in [9.17, 15) is 0 Å². The number of furan rings is 2. The van der Waals surface area contributed by atoms with Crippen LogP contribution in [-0.2, 0) is 10.8 Å². The molecule has 0 aliphatic heterocycles. The molecule has 0 saturated carbocycles. The highest BCUT2D eigenvalue weighted by atomic mass is 16.3. The van der Waals surface area contributed by atoms with Gasteiger partial charge < -0.3 is 18.6 Å². The molecule has 2 heterocycles. The first-order valence-electron chi connectivity index (χ1n) is 34.5. The molecule has 0 amide bonds. The van der Waals surface area contributed by atoms with Crippen molar-refractivity contribution < 1.29 is 8.83 Å². The Hall–Kier alpha value is -12.5. The van der Waals surface area contributed by atoms with Crippen LogP contribution in [0, 0.1) is 6.92 Å². The highest BCUT2D eigenvalue weighted by Gasteiger charge is 2.65. The van der Waals surface area contributed by atoms with Crippen LogP contribution in [0.15, 0.2) is 355 Å². The zero-order valence-electron chi connectivity index (χ0n) is 54.5. The first-order chi connectivity index (χ1) is 49.1. The largest absolute Gasteiger partial charge is 0.454 e. The maximum atomic E-state index is 7.22. The molecule has 2 atom stereocenters. The summed E-state index contributed by atoms with van der Waals surface area (Å²) in [5.41, 5.74) is 25.4. The Balaban J connectivity index is 0.973. The average molecular weight is 1270 g/mol. The highest BCUT2D eigenvalue weighted by Crippen LogP contribution is 2.72. The zero-order valence-corrected chi connectivity index (χ0v) is 54.5. The number of anilines is 6. The lowest BCUT2D eigenvalue weighted by Gasteiger charge is -2.51. The first kappa shape index (κ1) is 56.8. The predicted molar refractivity (Wildman–Crippen MR) is 412 cm³/mol. The van der Waals surface area contributed by atoms with Crippen molar-refractivity contribution in [1.29, 1.82) is 0 Å². The molecule has 0 bridgehead atoms. The summed E-state index contributed by atoms with van der Waals surface area (Å²) in [6.45, 7) is 2.19. The third-order valence-electron chi connectivity index (χ3n) is 21.7. The van der Waals surface area contributed by atoms with E-state index in [4.69, 9.17) is 8.83 Å². The number of nitrogens with zero attached hydrogens (tertiary/aromatic N) is 2. The van der Waals surface area contributed by atoms with Crippen LogP contribution in [-0.4, -0.2) is 0 Å². The number of rotatable bonds is 11. The fraction of sp³-hybridized carbons (Fsp3) is 0.0526. The van der Waals surface area contributed by atoms with E-state index in [0.29, 0.717) is 0 Å². The van der Waals surface area contributed by atoms with E-state index in [1.54, 1.807) is 0 Å². The van der Waals surface area contributed by atoms with Crippen molar-refractivity contribution in [3.63, 3.8) is 0 Å². The molecule has 2 aromatic heterocycles. The number of aryl methyl sites for hydroxylation is 1. The molecule has 3 aliphatic rings. The third kappa shape index (κ3) is 8.15. The van der Waals surface area contributed by atoms with E-state index in [0.717, 1.165) is 118 Å². The van der Waals surface area contributed by atoms with Crippen molar-refractivity contribution in [3.8, 4) is 33.4 Å². The van der Waals surface area contributed by atoms with E-state index in [-0.39, 0.29) is 0 Å². The first-order valence-corrected chi connectivity index (χ1v) is 34.5. The maximum absolute atomic E-state index is 7.22. The number of allylic oxidation sites excluding steroid dienone is 4. The van der Waals surface area contributed by atoms with Gasteiger partial charge in [0.15, 0.2) is 11.2 Å². The molecule has 17 aromatic rings. The van der Waals surface area contributed by atoms with Gasteiger partial charge in [0, 0.05) is 43.4 Å². The Bertz CT molecular complexity index is 6230. The van der Waals surface area contributed by atoms with Gasteiger partial charge in [-0.25, -0.2) is 0 Å². The number of hydrogen-bond acceptors (Lipinski definition) is 4. The van der Waals surface area contributed by atoms with Gasteiger partial charge in [0.25, 0.3) is 0 Å². The average Bonchev–Trinajstić information content (AvgIpc) is 1.49. The Kier molecular flexibility index (Phi) is 12.8. The highest BCUT2D eigenvalue weighted by molar-refractivity contribution is 6.18. The van der Waals surface area contributed by atoms with Gasteiger partial charge in [-0.3, -0.25) is 0 Å². The number of hydrogen-bond donors (Lipinski definition) is 0. The standard InChI is InChI=1S/C95H64N2O2/c1-61-30-27-33-63(58-61)67-39-18-24-53-83(67)97(85-55-29-49-75-71-43-20-26-57-89(71)99-93(75)85)87-60-81-91(73-45-14-12-41-69(73)87)77-47-16-22-51-79(77)95(81,65-36-9-4-10-37-65)94(64-34-7-3-8-35-64)78-50-21-15-46-76(78)90-72-44-13-11-40-68(72)86(59-80(90)94)96(82-52-23-17-38-66(82)62-31-5-2-6-32-62)84-54-28-48-74-70-42-19-25-56-88(70)98-92(74)84/h2-5,7-31,33-60H,6,32H2,1H3. The molecule has 0 saturated heterocycles. The van der Waals surface area contributed by atoms with Crippen LogP contribution >= 0.6 is 0 Å². The van der Waals surface area contributed by atoms with Crippen LogP contribution in [0.1, 0.15) is 57.3 Å². The molecule has 3 aliphatic carbocycles. The second kappa shape index (κ2) is 22.3. The van der Waals surface area contributed by atoms with E-state index < -0.39 is 10.8 Å². The molecule has 4 nitrogen and oxygen atoms in total. The van der Waals surface area contributed by atoms with E-state index in [2.05, 4.69) is 363 Å². The second-order valence-corrected chi connectivity index (χ2v) is 26.8. The minimum atomic E-state index is -1.03. The van der Waals surface area contributed by atoms with Gasteiger partial charge in [0.05, 0.1) is 45.0 Å². The molecule has 0 fully saturated rings. The van der Waals surface area contributed by atoms with Crippen LogP contribution in [0.5, 0.6) is 0 Å². The van der Waals surface area contributed by atoms with Crippen molar-refractivity contribution in [2.24, 2.45) is 0 Å². The lowest BCUT2D eigenvalue weighted by Crippen LogP contribution is -2.50. The van der Waals surface area contributed by atoms with Gasteiger partial charge in [0.1, 0.15) is 11.2 Å². The van der Waals surface area contributed by atoms with Gasteiger partial charge in [-0.05, 0) is 146 Å². The minimum absolute atomic E-state index is 0.819. The molecule has 0 spiro atoms. The van der Waals surface area contributed by atoms with Crippen molar-refractivity contribution in [2.75, 3.05) is 9.80 Å². The molecule has 0 radical (unpaired) electrons. The monoisotopic (exact) mass is 1260 g/mol. The maximum Gasteiger partial charge on any atom is 0.159 e. The van der Waals surface area contributed by atoms with E-state index in [1.165, 1.54) is 77.7 Å². The van der Waals surface area contributed by atoms with Gasteiger partial charge in [-0.15, -0.1) is 0 Å². The Morgan fingerprint density at radius 1 is 0.303 bits per heavy atom. The summed E-state index contributed by atoms with van der Waals surface area (Å²) >= 11 is 0. The fourth-order valence-corrected chi connectivity index (χ4v) is 17.9. The number of fused-ring (bicyclic) bond motifs is 16. The normalized spacial score (nSPS) is 15.9. The van der Waals surface area contributed by atoms with Gasteiger partial charge >= 0.3 is 0 Å². The smallest absolute Gasteiger partial charge is 0.159 e. The van der Waals surface area contributed by atoms with Crippen molar-refractivity contribution in [2.45, 2.75) is 30.6 Å². The van der Waals surface area contributed by atoms with Crippen LogP contribution in [0.2, 0.25) is 0 Å². The van der Waals surface area contributed by atoms with Crippen LogP contribution in [0.4, 0.5) is 34.1 Å². The molecule has 2 unspecified atom stereocenters. The zero-order chi connectivity index (χ0) is 65.3. The lowest BCUT2D eigenvalue weighted by atomic mass is 9.49. The second-order valence-electron chi connectivity index (χ2n) is 26.8. The lowest BCUT2D eigenvalue weighted by molar-refractivity contribution is 0.438. The molecule has 466 valence electrons. The molecule has 0 N–H and O–H groups in total. The van der Waals surface area contributed by atoms with Crippen molar-refractivity contribution in [3.05, 3.63) is 390 Å². The van der Waals surface area contributed by atoms with Gasteiger partial charge in [0.2, 0.25) is 0 Å². The topological polar surface area (TPSA) is 32.8 Å².